The topological polar surface area (TPSA) is 3.24 Å². The van der Waals surface area contributed by atoms with Gasteiger partial charge >= 0.3 is 0 Å². The first-order valence-corrected chi connectivity index (χ1v) is 16.0. The van der Waals surface area contributed by atoms with Gasteiger partial charge in [0, 0.05) is 0 Å². The van der Waals surface area contributed by atoms with Crippen LogP contribution in [0.4, 0.5) is 0 Å². The van der Waals surface area contributed by atoms with E-state index in [1.165, 1.54) is 174 Å². The average molecular weight is 468 g/mol. The minimum absolute atomic E-state index is 1.19. The molecule has 0 aliphatic rings. The molecule has 0 unspecified atom stereocenters. The fourth-order valence-electron chi connectivity index (χ4n) is 4.71. The van der Waals surface area contributed by atoms with Gasteiger partial charge in [0.1, 0.15) is 0 Å². The van der Waals surface area contributed by atoms with Crippen molar-refractivity contribution >= 4 is 0 Å². The molecule has 1 nitrogen and oxygen atoms in total. The van der Waals surface area contributed by atoms with Gasteiger partial charge < -0.3 is 4.90 Å². The Labute approximate surface area is 213 Å². The molecule has 33 heavy (non-hydrogen) atoms. The lowest BCUT2D eigenvalue weighted by Crippen LogP contribution is -2.21. The van der Waals surface area contributed by atoms with Crippen molar-refractivity contribution in [1.29, 1.82) is 0 Å². The zero-order valence-electron chi connectivity index (χ0n) is 24.5. The largest absolute Gasteiger partial charge is 0.304 e. The van der Waals surface area contributed by atoms with E-state index < -0.39 is 0 Å². The molecule has 0 aromatic carbocycles. The summed E-state index contributed by atoms with van der Waals surface area (Å²) in [6, 6.07) is 0. The summed E-state index contributed by atoms with van der Waals surface area (Å²) < 4.78 is 0. The quantitative estimate of drug-likeness (QED) is 0.114. The summed E-state index contributed by atoms with van der Waals surface area (Å²) in [6.07, 6.45) is 35.4. The summed E-state index contributed by atoms with van der Waals surface area (Å²) in [5.74, 6) is 0. The molecule has 0 aromatic heterocycles. The number of rotatable bonds is 26. The average Bonchev–Trinajstić information content (AvgIpc) is 2.84. The fourth-order valence-corrected chi connectivity index (χ4v) is 4.71. The van der Waals surface area contributed by atoms with Crippen LogP contribution >= 0.6 is 0 Å². The summed E-state index contributed by atoms with van der Waals surface area (Å²) in [5, 5.41) is 0. The van der Waals surface area contributed by atoms with E-state index in [-0.39, 0.29) is 0 Å². The number of hydrogen-bond acceptors (Lipinski definition) is 1. The summed E-state index contributed by atoms with van der Waals surface area (Å²) in [6.45, 7) is 14.7. The molecule has 0 aliphatic carbocycles. The van der Waals surface area contributed by atoms with Crippen molar-refractivity contribution in [3.63, 3.8) is 0 Å². The highest BCUT2D eigenvalue weighted by atomic mass is 15.1. The summed E-state index contributed by atoms with van der Waals surface area (Å²) >= 11 is 0. The van der Waals surface area contributed by atoms with Gasteiger partial charge in [0.05, 0.1) is 0 Å². The van der Waals surface area contributed by atoms with Crippen LogP contribution < -0.4 is 0 Å². The Hall–Kier alpha value is -0.0400. The third-order valence-electron chi connectivity index (χ3n) is 7.30. The van der Waals surface area contributed by atoms with Crippen LogP contribution in [0, 0.1) is 0 Å². The summed E-state index contributed by atoms with van der Waals surface area (Å²) in [5.41, 5.74) is 0. The summed E-state index contributed by atoms with van der Waals surface area (Å²) in [7, 11) is 0. The smallest absolute Gasteiger partial charge is 0.00474 e. The zero-order chi connectivity index (χ0) is 24.7. The Balaban J connectivity index is 0. The van der Waals surface area contributed by atoms with Gasteiger partial charge in [-0.25, -0.2) is 0 Å². The van der Waals surface area contributed by atoms with E-state index in [2.05, 4.69) is 39.5 Å². The number of hydrogen-bond donors (Lipinski definition) is 0. The molecule has 0 fully saturated rings. The number of unbranched alkanes of at least 4 members (excludes halogenated alkanes) is 23. The first-order valence-electron chi connectivity index (χ1n) is 16.0. The second kappa shape index (κ2) is 34.1. The minimum atomic E-state index is 1.19. The standard InChI is InChI=1S/C26H54.C6H15N/c1-3-5-7-9-11-13-15-17-19-21-23-25-26-24-22-20-18-16-14-12-10-8-6-4-2;1-4-7(5-2)6-3/h3-26H2,1-2H3;4-6H2,1-3H3. The van der Waals surface area contributed by atoms with E-state index >= 15 is 0 Å². The molecule has 0 heterocycles. The van der Waals surface area contributed by atoms with E-state index in [1.807, 2.05) is 0 Å². The van der Waals surface area contributed by atoms with Gasteiger partial charge in [0.15, 0.2) is 0 Å². The minimum Gasteiger partial charge on any atom is -0.304 e. The Morgan fingerprint density at radius 2 is 0.394 bits per heavy atom. The van der Waals surface area contributed by atoms with Crippen LogP contribution in [-0.2, 0) is 0 Å². The van der Waals surface area contributed by atoms with Crippen LogP contribution in [0.1, 0.15) is 189 Å². The molecule has 1 heteroatoms. The predicted molar refractivity (Wildman–Crippen MR) is 156 cm³/mol. The molecule has 0 radical (unpaired) electrons. The van der Waals surface area contributed by atoms with Crippen molar-refractivity contribution in [2.45, 2.75) is 189 Å². The summed E-state index contributed by atoms with van der Waals surface area (Å²) in [4.78, 5) is 2.38. The Morgan fingerprint density at radius 1 is 0.242 bits per heavy atom. The monoisotopic (exact) mass is 468 g/mol. The molecule has 0 bridgehead atoms. The van der Waals surface area contributed by atoms with Crippen LogP contribution in [0.15, 0.2) is 0 Å². The SMILES string of the molecule is CCCCCCCCCCCCCCCCCCCCCCCCCC.CCN(CC)CC. The van der Waals surface area contributed by atoms with E-state index in [0.717, 1.165) is 0 Å². The van der Waals surface area contributed by atoms with Crippen LogP contribution in [0.25, 0.3) is 0 Å². The third kappa shape index (κ3) is 34.2. The fraction of sp³-hybridized carbons (Fsp3) is 1.00. The Bertz CT molecular complexity index is 267. The lowest BCUT2D eigenvalue weighted by molar-refractivity contribution is 0.321. The second-order valence-corrected chi connectivity index (χ2v) is 10.4. The van der Waals surface area contributed by atoms with Gasteiger partial charge in [-0.15, -0.1) is 0 Å². The van der Waals surface area contributed by atoms with Gasteiger partial charge in [-0.3, -0.25) is 0 Å². The zero-order valence-corrected chi connectivity index (χ0v) is 24.5. The molecule has 0 amide bonds. The Kier molecular flexibility index (Phi) is 36.3. The molecule has 202 valence electrons. The lowest BCUT2D eigenvalue weighted by atomic mass is 10.0. The molecule has 0 N–H and O–H groups in total. The normalized spacial score (nSPS) is 11.1. The highest BCUT2D eigenvalue weighted by Crippen LogP contribution is 2.15. The Morgan fingerprint density at radius 3 is 0.485 bits per heavy atom. The van der Waals surface area contributed by atoms with Crippen molar-refractivity contribution < 1.29 is 0 Å². The molecule has 0 saturated heterocycles. The van der Waals surface area contributed by atoms with E-state index in [4.69, 9.17) is 0 Å². The molecule has 0 aromatic rings. The van der Waals surface area contributed by atoms with Crippen LogP contribution in [-0.4, -0.2) is 24.5 Å². The number of nitrogens with zero attached hydrogens (tertiary/aromatic N) is 1. The highest BCUT2D eigenvalue weighted by molar-refractivity contribution is 4.51. The molecule has 0 saturated carbocycles. The molecule has 0 aliphatic heterocycles. The highest BCUT2D eigenvalue weighted by Gasteiger charge is 1.95. The predicted octanol–water partition coefficient (Wildman–Crippen LogP) is 11.7. The van der Waals surface area contributed by atoms with Gasteiger partial charge in [0.2, 0.25) is 0 Å². The van der Waals surface area contributed by atoms with Crippen molar-refractivity contribution in [3.05, 3.63) is 0 Å². The molecular formula is C32H69N. The lowest BCUT2D eigenvalue weighted by Gasteiger charge is -2.13. The van der Waals surface area contributed by atoms with Crippen molar-refractivity contribution in [1.82, 2.24) is 4.90 Å². The molecule has 0 rings (SSSR count). The first-order chi connectivity index (χ1) is 16.3. The van der Waals surface area contributed by atoms with Gasteiger partial charge in [-0.1, -0.05) is 189 Å². The van der Waals surface area contributed by atoms with E-state index in [9.17, 15) is 0 Å². The van der Waals surface area contributed by atoms with Crippen molar-refractivity contribution in [2.24, 2.45) is 0 Å². The first kappa shape index (κ1) is 35.1. The second-order valence-electron chi connectivity index (χ2n) is 10.4. The van der Waals surface area contributed by atoms with E-state index in [1.54, 1.807) is 0 Å². The van der Waals surface area contributed by atoms with Crippen LogP contribution in [0.3, 0.4) is 0 Å². The molecular weight excluding hydrogens is 398 g/mol. The van der Waals surface area contributed by atoms with E-state index in [0.29, 0.717) is 0 Å². The maximum absolute atomic E-state index is 2.38. The van der Waals surface area contributed by atoms with Crippen LogP contribution in [0.5, 0.6) is 0 Å². The van der Waals surface area contributed by atoms with Crippen molar-refractivity contribution in [3.8, 4) is 0 Å². The maximum Gasteiger partial charge on any atom is -0.00474 e. The molecule has 0 atom stereocenters. The molecule has 0 spiro atoms. The van der Waals surface area contributed by atoms with Gasteiger partial charge in [-0.2, -0.15) is 0 Å². The van der Waals surface area contributed by atoms with Crippen LogP contribution in [0.2, 0.25) is 0 Å². The van der Waals surface area contributed by atoms with Gasteiger partial charge in [0.25, 0.3) is 0 Å². The van der Waals surface area contributed by atoms with Crippen molar-refractivity contribution in [2.75, 3.05) is 19.6 Å². The third-order valence-corrected chi connectivity index (χ3v) is 7.30. The van der Waals surface area contributed by atoms with Gasteiger partial charge in [-0.05, 0) is 19.6 Å². The maximum atomic E-state index is 2.38.